The first-order chi connectivity index (χ1) is 9.61. The van der Waals surface area contributed by atoms with Gasteiger partial charge in [0.2, 0.25) is 0 Å². The lowest BCUT2D eigenvalue weighted by atomic mass is 10.1. The van der Waals surface area contributed by atoms with Crippen LogP contribution < -0.4 is 15.8 Å². The van der Waals surface area contributed by atoms with E-state index in [1.807, 2.05) is 12.1 Å². The van der Waals surface area contributed by atoms with E-state index < -0.39 is 0 Å². The van der Waals surface area contributed by atoms with E-state index in [2.05, 4.69) is 10.4 Å². The standard InChI is InChI=1S/C13H13ClN4OS/c1-19-10-3-2-7(14)6-9(10)11-8-4-5-16-12(8)18(17-11)13(15)20/h2-3,6,16H,4-5H2,1H3,(H2,15,20). The maximum absolute atomic E-state index is 6.09. The number of benzene rings is 1. The third kappa shape index (κ3) is 2.01. The summed E-state index contributed by atoms with van der Waals surface area (Å²) in [6, 6.07) is 5.45. The molecule has 0 atom stereocenters. The van der Waals surface area contributed by atoms with Gasteiger partial charge < -0.3 is 15.8 Å². The zero-order chi connectivity index (χ0) is 14.3. The molecule has 2 heterocycles. The second-order valence-electron chi connectivity index (χ2n) is 4.45. The fourth-order valence-corrected chi connectivity index (χ4v) is 2.72. The van der Waals surface area contributed by atoms with Crippen LogP contribution in [0.2, 0.25) is 5.02 Å². The van der Waals surface area contributed by atoms with Crippen molar-refractivity contribution in [3.05, 3.63) is 28.8 Å². The van der Waals surface area contributed by atoms with Crippen LogP contribution in [0.15, 0.2) is 18.2 Å². The van der Waals surface area contributed by atoms with Crippen molar-refractivity contribution in [2.24, 2.45) is 5.73 Å². The Bertz CT molecular complexity index is 698. The topological polar surface area (TPSA) is 65.1 Å². The maximum Gasteiger partial charge on any atom is 0.193 e. The van der Waals surface area contributed by atoms with Crippen LogP contribution in [0.25, 0.3) is 11.3 Å². The van der Waals surface area contributed by atoms with Crippen LogP contribution in [0.4, 0.5) is 5.82 Å². The molecule has 0 spiro atoms. The molecule has 5 nitrogen and oxygen atoms in total. The van der Waals surface area contributed by atoms with Gasteiger partial charge in [0.25, 0.3) is 0 Å². The molecule has 0 saturated carbocycles. The number of nitrogens with zero attached hydrogens (tertiary/aromatic N) is 2. The van der Waals surface area contributed by atoms with E-state index in [0.29, 0.717) is 5.02 Å². The molecule has 3 N–H and O–H groups in total. The Morgan fingerprint density at radius 2 is 2.35 bits per heavy atom. The number of ether oxygens (including phenoxy) is 1. The van der Waals surface area contributed by atoms with Gasteiger partial charge >= 0.3 is 0 Å². The van der Waals surface area contributed by atoms with Gasteiger partial charge in [0.05, 0.1) is 7.11 Å². The monoisotopic (exact) mass is 308 g/mol. The van der Waals surface area contributed by atoms with Crippen LogP contribution in [0.5, 0.6) is 5.75 Å². The van der Waals surface area contributed by atoms with Crippen LogP contribution in [0, 0.1) is 0 Å². The highest BCUT2D eigenvalue weighted by Crippen LogP contribution is 2.38. The molecule has 1 aliphatic rings. The van der Waals surface area contributed by atoms with Crippen molar-refractivity contribution >= 4 is 34.7 Å². The Labute approximate surface area is 126 Å². The number of nitrogens with two attached hydrogens (primary N) is 1. The van der Waals surface area contributed by atoms with Crippen molar-refractivity contribution in [2.75, 3.05) is 19.0 Å². The van der Waals surface area contributed by atoms with Crippen LogP contribution in [0.1, 0.15) is 5.56 Å². The number of rotatable bonds is 2. The molecule has 104 valence electrons. The normalized spacial score (nSPS) is 12.9. The molecule has 3 rings (SSSR count). The first kappa shape index (κ1) is 13.2. The summed E-state index contributed by atoms with van der Waals surface area (Å²) >= 11 is 11.1. The molecule has 7 heteroatoms. The molecular weight excluding hydrogens is 296 g/mol. The van der Waals surface area contributed by atoms with Crippen LogP contribution >= 0.6 is 23.8 Å². The second-order valence-corrected chi connectivity index (χ2v) is 5.30. The third-order valence-corrected chi connectivity index (χ3v) is 3.68. The Hall–Kier alpha value is -1.79. The fourth-order valence-electron chi connectivity index (χ4n) is 2.42. The quantitative estimate of drug-likeness (QED) is 0.833. The minimum absolute atomic E-state index is 0.211. The van der Waals surface area contributed by atoms with E-state index in [-0.39, 0.29) is 5.11 Å². The Balaban J connectivity index is 2.23. The van der Waals surface area contributed by atoms with Gasteiger partial charge in [-0.1, -0.05) is 11.6 Å². The summed E-state index contributed by atoms with van der Waals surface area (Å²) < 4.78 is 6.94. The van der Waals surface area contributed by atoms with Gasteiger partial charge in [0.1, 0.15) is 17.3 Å². The van der Waals surface area contributed by atoms with Gasteiger partial charge in [-0.15, -0.1) is 0 Å². The Morgan fingerprint density at radius 3 is 3.05 bits per heavy atom. The summed E-state index contributed by atoms with van der Waals surface area (Å²) in [7, 11) is 1.62. The smallest absolute Gasteiger partial charge is 0.193 e. The third-order valence-electron chi connectivity index (χ3n) is 3.28. The lowest BCUT2D eigenvalue weighted by molar-refractivity contribution is 0.416. The zero-order valence-electron chi connectivity index (χ0n) is 10.8. The summed E-state index contributed by atoms with van der Waals surface area (Å²) in [6.45, 7) is 0.839. The maximum atomic E-state index is 6.09. The molecule has 1 aromatic carbocycles. The molecule has 0 unspecified atom stereocenters. The number of hydrogen-bond acceptors (Lipinski definition) is 4. The molecule has 0 amide bonds. The first-order valence-corrected chi connectivity index (χ1v) is 6.90. The predicted octanol–water partition coefficient (Wildman–Crippen LogP) is 2.27. The summed E-state index contributed by atoms with van der Waals surface area (Å²) in [5.74, 6) is 1.58. The Morgan fingerprint density at radius 1 is 1.55 bits per heavy atom. The average molecular weight is 309 g/mol. The summed E-state index contributed by atoms with van der Waals surface area (Å²) in [6.07, 6.45) is 0.864. The molecule has 0 saturated heterocycles. The number of thiocarbonyl (C=S) groups is 1. The van der Waals surface area contributed by atoms with Gasteiger partial charge in [-0.2, -0.15) is 9.78 Å². The van der Waals surface area contributed by atoms with E-state index in [4.69, 9.17) is 34.3 Å². The zero-order valence-corrected chi connectivity index (χ0v) is 12.4. The molecular formula is C13H13ClN4OS. The van der Waals surface area contributed by atoms with E-state index in [1.165, 1.54) is 0 Å². The average Bonchev–Trinajstić information content (AvgIpc) is 2.99. The minimum atomic E-state index is 0.211. The molecule has 1 aromatic heterocycles. The molecule has 0 bridgehead atoms. The number of aromatic nitrogens is 2. The predicted molar refractivity (Wildman–Crippen MR) is 83.6 cm³/mol. The van der Waals surface area contributed by atoms with Gasteiger partial charge in [0, 0.05) is 22.7 Å². The lowest BCUT2D eigenvalue weighted by Crippen LogP contribution is -2.22. The van der Waals surface area contributed by atoms with Crippen LogP contribution in [0.3, 0.4) is 0 Å². The van der Waals surface area contributed by atoms with Crippen molar-refractivity contribution in [1.29, 1.82) is 0 Å². The van der Waals surface area contributed by atoms with Gasteiger partial charge in [-0.05, 0) is 36.8 Å². The van der Waals surface area contributed by atoms with Crippen molar-refractivity contribution in [2.45, 2.75) is 6.42 Å². The number of nitrogens with one attached hydrogen (secondary N) is 1. The number of fused-ring (bicyclic) bond motifs is 1. The van der Waals surface area contributed by atoms with Crippen molar-refractivity contribution < 1.29 is 4.74 Å². The number of halogens is 1. The van der Waals surface area contributed by atoms with Crippen LogP contribution in [-0.4, -0.2) is 28.5 Å². The molecule has 1 aliphatic heterocycles. The van der Waals surface area contributed by atoms with Gasteiger partial charge in [0.15, 0.2) is 5.11 Å². The van der Waals surface area contributed by atoms with Crippen molar-refractivity contribution in [1.82, 2.24) is 9.78 Å². The molecule has 0 radical (unpaired) electrons. The summed E-state index contributed by atoms with van der Waals surface area (Å²) in [4.78, 5) is 0. The Kier molecular flexibility index (Phi) is 3.27. The molecule has 0 aliphatic carbocycles. The van der Waals surface area contributed by atoms with Gasteiger partial charge in [-0.25, -0.2) is 0 Å². The second kappa shape index (κ2) is 4.96. The highest BCUT2D eigenvalue weighted by molar-refractivity contribution is 7.80. The minimum Gasteiger partial charge on any atom is -0.496 e. The van der Waals surface area contributed by atoms with E-state index >= 15 is 0 Å². The highest BCUT2D eigenvalue weighted by atomic mass is 35.5. The number of hydrogen-bond donors (Lipinski definition) is 2. The highest BCUT2D eigenvalue weighted by Gasteiger charge is 2.25. The molecule has 0 fully saturated rings. The summed E-state index contributed by atoms with van der Waals surface area (Å²) in [5, 5.41) is 8.59. The lowest BCUT2D eigenvalue weighted by Gasteiger charge is -2.08. The SMILES string of the molecule is COc1ccc(Cl)cc1-c1nn(C(N)=S)c2c1CCN2. The number of methoxy groups -OCH3 is 1. The van der Waals surface area contributed by atoms with E-state index in [9.17, 15) is 0 Å². The first-order valence-electron chi connectivity index (χ1n) is 6.11. The van der Waals surface area contributed by atoms with Gasteiger partial charge in [-0.3, -0.25) is 0 Å². The van der Waals surface area contributed by atoms with Crippen molar-refractivity contribution in [3.8, 4) is 17.0 Å². The molecule has 2 aromatic rings. The largest absolute Gasteiger partial charge is 0.496 e. The van der Waals surface area contributed by atoms with E-state index in [1.54, 1.807) is 17.9 Å². The van der Waals surface area contributed by atoms with Crippen molar-refractivity contribution in [3.63, 3.8) is 0 Å². The molecule has 20 heavy (non-hydrogen) atoms. The number of anilines is 1. The fraction of sp³-hybridized carbons (Fsp3) is 0.231. The van der Waals surface area contributed by atoms with Crippen LogP contribution in [-0.2, 0) is 6.42 Å². The summed E-state index contributed by atoms with van der Waals surface area (Å²) in [5.41, 5.74) is 8.44. The van der Waals surface area contributed by atoms with E-state index in [0.717, 1.165) is 41.4 Å².